The number of unbranched alkanes of at least 4 members (excludes halogenated alkanes) is 1. The van der Waals surface area contributed by atoms with Gasteiger partial charge in [0.2, 0.25) is 0 Å². The van der Waals surface area contributed by atoms with Crippen molar-refractivity contribution in [2.75, 3.05) is 11.5 Å². The van der Waals surface area contributed by atoms with Gasteiger partial charge in [0, 0.05) is 16.8 Å². The smallest absolute Gasteiger partial charge is 0.119 e. The maximum atomic E-state index is 6.28. The fourth-order valence-corrected chi connectivity index (χ4v) is 13.0. The third-order valence-electron chi connectivity index (χ3n) is 16.1. The van der Waals surface area contributed by atoms with E-state index in [1.54, 1.807) is 0 Å². The monoisotopic (exact) mass is 739 g/mol. The Bertz CT molecular complexity index is 1780. The van der Waals surface area contributed by atoms with Gasteiger partial charge in [0.1, 0.15) is 24.7 Å². The highest BCUT2D eigenvalue weighted by molar-refractivity contribution is 5.45. The molecule has 4 aliphatic rings. The topological polar surface area (TPSA) is 70.5 Å². The number of fused-ring (bicyclic) bond motifs is 5. The van der Waals surface area contributed by atoms with Crippen molar-refractivity contribution in [2.24, 2.45) is 46.3 Å². The summed E-state index contributed by atoms with van der Waals surface area (Å²) in [5.41, 5.74) is 19.4. The van der Waals surface area contributed by atoms with Crippen molar-refractivity contribution in [1.29, 1.82) is 0 Å². The van der Waals surface area contributed by atoms with Crippen LogP contribution in [0.15, 0.2) is 97.1 Å². The van der Waals surface area contributed by atoms with Crippen molar-refractivity contribution >= 4 is 11.4 Å². The van der Waals surface area contributed by atoms with Crippen molar-refractivity contribution in [1.82, 2.24) is 0 Å². The van der Waals surface area contributed by atoms with E-state index in [0.717, 1.165) is 69.5 Å². The minimum absolute atomic E-state index is 0.0433. The van der Waals surface area contributed by atoms with Gasteiger partial charge in [0.25, 0.3) is 0 Å². The molecule has 0 aliphatic heterocycles. The summed E-state index contributed by atoms with van der Waals surface area (Å²) in [6, 6.07) is 34.2. The van der Waals surface area contributed by atoms with Crippen LogP contribution in [-0.4, -0.2) is 0 Å². The number of nitrogens with two attached hydrogens (primary N) is 2. The molecule has 55 heavy (non-hydrogen) atoms. The molecular weight excluding hydrogens is 673 g/mol. The van der Waals surface area contributed by atoms with Gasteiger partial charge in [-0.25, -0.2) is 0 Å². The molecule has 0 amide bonds. The lowest BCUT2D eigenvalue weighted by atomic mass is 9.42. The zero-order chi connectivity index (χ0) is 38.2. The van der Waals surface area contributed by atoms with Crippen molar-refractivity contribution in [3.63, 3.8) is 0 Å². The highest BCUT2D eigenvalue weighted by Crippen LogP contribution is 2.70. The quantitative estimate of drug-likeness (QED) is 0.142. The van der Waals surface area contributed by atoms with Crippen molar-refractivity contribution in [2.45, 2.75) is 123 Å². The van der Waals surface area contributed by atoms with Crippen LogP contribution in [0.25, 0.3) is 0 Å². The summed E-state index contributed by atoms with van der Waals surface area (Å²) in [6.07, 6.45) is 16.5. The predicted molar refractivity (Wildman–Crippen MR) is 228 cm³/mol. The second kappa shape index (κ2) is 15.5. The zero-order valence-electron chi connectivity index (χ0n) is 34.1. The molecule has 292 valence electrons. The first-order valence-corrected chi connectivity index (χ1v) is 21.8. The number of hydrogen-bond donors (Lipinski definition) is 2. The van der Waals surface area contributed by atoms with Crippen molar-refractivity contribution in [3.05, 3.63) is 119 Å². The fourth-order valence-electron chi connectivity index (χ4n) is 13.0. The first kappa shape index (κ1) is 38.0. The number of hydrogen-bond acceptors (Lipinski definition) is 4. The fraction of sp³-hybridized carbons (Fsp3) is 0.529. The first-order valence-electron chi connectivity index (χ1n) is 21.8. The van der Waals surface area contributed by atoms with Gasteiger partial charge in [-0.1, -0.05) is 95.5 Å². The largest absolute Gasteiger partial charge is 0.489 e. The molecule has 0 heterocycles. The Balaban J connectivity index is 1.04. The molecule has 8 rings (SSSR count). The predicted octanol–water partition coefficient (Wildman–Crippen LogP) is 12.8. The summed E-state index contributed by atoms with van der Waals surface area (Å²) in [5.74, 6) is 7.02. The molecule has 0 bridgehead atoms. The second-order valence-corrected chi connectivity index (χ2v) is 18.9. The molecule has 0 saturated heterocycles. The van der Waals surface area contributed by atoms with Crippen molar-refractivity contribution < 1.29 is 9.47 Å². The van der Waals surface area contributed by atoms with Crippen LogP contribution >= 0.6 is 0 Å². The summed E-state index contributed by atoms with van der Waals surface area (Å²) < 4.78 is 12.6. The Morgan fingerprint density at radius 1 is 0.618 bits per heavy atom. The maximum absolute atomic E-state index is 6.28. The van der Waals surface area contributed by atoms with Crippen molar-refractivity contribution in [3.8, 4) is 11.5 Å². The summed E-state index contributed by atoms with van der Waals surface area (Å²) in [6.45, 7) is 11.5. The van der Waals surface area contributed by atoms with Crippen LogP contribution in [0.5, 0.6) is 11.5 Å². The zero-order valence-corrected chi connectivity index (χ0v) is 34.1. The van der Waals surface area contributed by atoms with Gasteiger partial charge in [-0.2, -0.15) is 0 Å². The van der Waals surface area contributed by atoms with Gasteiger partial charge >= 0.3 is 0 Å². The Morgan fingerprint density at radius 2 is 1.16 bits per heavy atom. The molecular formula is C51H66N2O2. The lowest BCUT2D eigenvalue weighted by Gasteiger charge is -2.63. The van der Waals surface area contributed by atoms with E-state index >= 15 is 0 Å². The molecule has 4 nitrogen and oxygen atoms in total. The lowest BCUT2D eigenvalue weighted by Crippen LogP contribution is -2.55. The molecule has 4 aromatic rings. The molecule has 8 unspecified atom stereocenters. The summed E-state index contributed by atoms with van der Waals surface area (Å²) in [4.78, 5) is 0. The van der Waals surface area contributed by atoms with Crippen LogP contribution in [-0.2, 0) is 18.6 Å². The van der Waals surface area contributed by atoms with E-state index in [1.807, 2.05) is 48.5 Å². The van der Waals surface area contributed by atoms with Gasteiger partial charge in [-0.3, -0.25) is 0 Å². The molecule has 0 spiro atoms. The molecule has 4 aliphatic carbocycles. The molecule has 0 aromatic heterocycles. The Morgan fingerprint density at radius 3 is 1.71 bits per heavy atom. The Labute approximate surface area is 331 Å². The molecule has 4 aromatic carbocycles. The number of rotatable bonds is 12. The lowest BCUT2D eigenvalue weighted by molar-refractivity contribution is -0.122. The van der Waals surface area contributed by atoms with E-state index in [1.165, 1.54) is 88.2 Å². The van der Waals surface area contributed by atoms with E-state index in [-0.39, 0.29) is 5.41 Å². The van der Waals surface area contributed by atoms with Crippen LogP contribution in [0.4, 0.5) is 11.4 Å². The van der Waals surface area contributed by atoms with Gasteiger partial charge < -0.3 is 20.9 Å². The summed E-state index contributed by atoms with van der Waals surface area (Å²) >= 11 is 0. The minimum Gasteiger partial charge on any atom is -0.489 e. The van der Waals surface area contributed by atoms with Crippen LogP contribution in [0, 0.1) is 46.3 Å². The van der Waals surface area contributed by atoms with E-state index in [9.17, 15) is 0 Å². The van der Waals surface area contributed by atoms with Crippen LogP contribution in [0.2, 0.25) is 0 Å². The molecule has 4 N–H and O–H groups in total. The van der Waals surface area contributed by atoms with E-state index < -0.39 is 0 Å². The summed E-state index contributed by atoms with van der Waals surface area (Å²) in [7, 11) is 0. The average Bonchev–Trinajstić information content (AvgIpc) is 3.57. The van der Waals surface area contributed by atoms with E-state index in [2.05, 4.69) is 76.2 Å². The number of anilines is 2. The van der Waals surface area contributed by atoms with Gasteiger partial charge in [0.15, 0.2) is 0 Å². The third-order valence-corrected chi connectivity index (χ3v) is 16.1. The highest BCUT2D eigenvalue weighted by atomic mass is 16.5. The van der Waals surface area contributed by atoms with E-state index in [4.69, 9.17) is 20.9 Å². The molecule has 4 heteroatoms. The molecule has 0 radical (unpaired) electrons. The maximum Gasteiger partial charge on any atom is 0.119 e. The Kier molecular flexibility index (Phi) is 10.7. The standard InChI is InChI=1S/C51H66N2O2/c1-5-6-7-35(2)46-26-27-47-45-25-16-40-32-51(31-30-49(40,3)48(45)28-29-50(46,47)4,38-12-21-43(22-13-38)54-33-36-8-17-41(52)18-9-36)39-14-23-44(24-15-39)55-34-37-10-19-42(53)20-11-37/h8-15,17-24,35,40,45-48H,5-7,16,25-34,52-53H2,1-4H3. The van der Waals surface area contributed by atoms with Gasteiger partial charge in [0.05, 0.1) is 0 Å². The Hall–Kier alpha value is -3.92. The van der Waals surface area contributed by atoms with Crippen LogP contribution < -0.4 is 20.9 Å². The average molecular weight is 739 g/mol. The van der Waals surface area contributed by atoms with Crippen LogP contribution in [0.1, 0.15) is 127 Å². The molecule has 8 atom stereocenters. The highest BCUT2D eigenvalue weighted by Gasteiger charge is 2.62. The molecule has 4 saturated carbocycles. The number of ether oxygens (including phenoxy) is 2. The molecule has 4 fully saturated rings. The summed E-state index contributed by atoms with van der Waals surface area (Å²) in [5, 5.41) is 0. The normalized spacial score (nSPS) is 30.1. The van der Waals surface area contributed by atoms with E-state index in [0.29, 0.717) is 24.0 Å². The number of nitrogen functional groups attached to an aromatic ring is 2. The first-order chi connectivity index (χ1) is 26.6. The second-order valence-electron chi connectivity index (χ2n) is 18.9. The van der Waals surface area contributed by atoms with Gasteiger partial charge in [-0.05, 0) is 175 Å². The van der Waals surface area contributed by atoms with Crippen LogP contribution in [0.3, 0.4) is 0 Å². The number of benzene rings is 4. The van der Waals surface area contributed by atoms with Gasteiger partial charge in [-0.15, -0.1) is 0 Å². The minimum atomic E-state index is -0.0433. The SMILES string of the molecule is CCCCC(C)C1CCC2C3CCC4CC(c5ccc(OCc6ccc(N)cc6)cc5)(c5ccc(OCc6ccc(N)cc6)cc5)CCC4(C)C3CCC12C. The third kappa shape index (κ3) is 7.28.